The molecule has 2 N–H and O–H groups in total. The fraction of sp³-hybridized carbons (Fsp3) is 0.250. The molecule has 0 amide bonds. The number of hydrogen-bond acceptors (Lipinski definition) is 3. The smallest absolute Gasteiger partial charge is 0.128 e. The second-order valence-electron chi connectivity index (χ2n) is 6.33. The number of benzene rings is 2. The molecule has 0 radical (unpaired) electrons. The summed E-state index contributed by atoms with van der Waals surface area (Å²) in [6.07, 6.45) is 6.16. The normalized spacial score (nSPS) is 13.2. The molecular formula is C20H23ClN4. The summed E-state index contributed by atoms with van der Waals surface area (Å²) in [4.78, 5) is 6.99. The molecule has 4 rings (SSSR count). The number of fused-ring (bicyclic) bond motifs is 1. The van der Waals surface area contributed by atoms with Gasteiger partial charge in [-0.1, -0.05) is 36.4 Å². The van der Waals surface area contributed by atoms with Crippen molar-refractivity contribution in [3.05, 3.63) is 77.9 Å². The van der Waals surface area contributed by atoms with E-state index in [2.05, 4.69) is 51.0 Å². The Kier molecular flexibility index (Phi) is 5.29. The largest absolute Gasteiger partial charge is 0.398 e. The van der Waals surface area contributed by atoms with E-state index in [1.165, 1.54) is 16.8 Å². The Balaban J connectivity index is 0.00000182. The third kappa shape index (κ3) is 3.64. The van der Waals surface area contributed by atoms with E-state index in [4.69, 9.17) is 5.73 Å². The van der Waals surface area contributed by atoms with Crippen molar-refractivity contribution in [3.8, 4) is 0 Å². The maximum atomic E-state index is 6.16. The zero-order chi connectivity index (χ0) is 16.4. The molecule has 0 atom stereocenters. The second kappa shape index (κ2) is 7.62. The van der Waals surface area contributed by atoms with E-state index in [1.807, 2.05) is 24.4 Å². The quantitative estimate of drug-likeness (QED) is 0.723. The minimum absolute atomic E-state index is 0. The van der Waals surface area contributed by atoms with Crippen LogP contribution in [0.25, 0.3) is 0 Å². The average molecular weight is 355 g/mol. The Labute approximate surface area is 154 Å². The van der Waals surface area contributed by atoms with Crippen LogP contribution < -0.4 is 10.6 Å². The standard InChI is InChI=1S/C20H22N4.ClH/c21-18-9-4-10-19-17(18)8-5-12-23(19)15-20-22-11-13-24(20)14-16-6-2-1-3-7-16;/h1-4,6-7,9-11,13H,5,8,12,14-15,21H2;1H. The summed E-state index contributed by atoms with van der Waals surface area (Å²) in [6.45, 7) is 2.72. The number of hydrogen-bond donors (Lipinski definition) is 1. The molecule has 0 saturated carbocycles. The maximum absolute atomic E-state index is 6.16. The van der Waals surface area contributed by atoms with Gasteiger partial charge in [0, 0.05) is 36.9 Å². The number of aromatic nitrogens is 2. The van der Waals surface area contributed by atoms with Gasteiger partial charge in [0.15, 0.2) is 0 Å². The molecule has 0 fully saturated rings. The molecule has 0 bridgehead atoms. The highest BCUT2D eigenvalue weighted by atomic mass is 35.5. The molecule has 2 aromatic carbocycles. The molecule has 1 aromatic heterocycles. The molecule has 5 heteroatoms. The second-order valence-corrected chi connectivity index (χ2v) is 6.33. The molecule has 0 unspecified atom stereocenters. The lowest BCUT2D eigenvalue weighted by molar-refractivity contribution is 0.643. The topological polar surface area (TPSA) is 47.1 Å². The first-order valence-electron chi connectivity index (χ1n) is 8.47. The predicted molar refractivity (Wildman–Crippen MR) is 105 cm³/mol. The zero-order valence-corrected chi connectivity index (χ0v) is 15.0. The molecule has 1 aliphatic rings. The molecule has 0 spiro atoms. The molecule has 1 aliphatic heterocycles. The van der Waals surface area contributed by atoms with Gasteiger partial charge >= 0.3 is 0 Å². The molecule has 0 saturated heterocycles. The van der Waals surface area contributed by atoms with Crippen LogP contribution in [0, 0.1) is 0 Å². The Morgan fingerprint density at radius 2 is 1.84 bits per heavy atom. The van der Waals surface area contributed by atoms with Crippen molar-refractivity contribution in [2.24, 2.45) is 0 Å². The summed E-state index contributed by atoms with van der Waals surface area (Å²) in [7, 11) is 0. The minimum atomic E-state index is 0. The number of nitrogen functional groups attached to an aromatic ring is 1. The van der Waals surface area contributed by atoms with Gasteiger partial charge in [-0.05, 0) is 36.1 Å². The van der Waals surface area contributed by atoms with Crippen LogP contribution in [-0.2, 0) is 19.5 Å². The van der Waals surface area contributed by atoms with Crippen molar-refractivity contribution >= 4 is 23.8 Å². The number of halogens is 1. The van der Waals surface area contributed by atoms with E-state index in [0.717, 1.165) is 44.0 Å². The lowest BCUT2D eigenvalue weighted by atomic mass is 10.00. The number of rotatable bonds is 4. The first-order valence-corrected chi connectivity index (χ1v) is 8.47. The third-order valence-corrected chi connectivity index (χ3v) is 4.71. The Morgan fingerprint density at radius 3 is 2.68 bits per heavy atom. The van der Waals surface area contributed by atoms with Gasteiger partial charge in [-0.25, -0.2) is 4.98 Å². The summed E-state index contributed by atoms with van der Waals surface area (Å²) in [5.41, 5.74) is 10.9. The summed E-state index contributed by atoms with van der Waals surface area (Å²) in [5, 5.41) is 0. The fourth-order valence-electron chi connectivity index (χ4n) is 3.48. The van der Waals surface area contributed by atoms with Gasteiger partial charge in [0.25, 0.3) is 0 Å². The van der Waals surface area contributed by atoms with E-state index >= 15 is 0 Å². The fourth-order valence-corrected chi connectivity index (χ4v) is 3.48. The first-order chi connectivity index (χ1) is 11.8. The highest BCUT2D eigenvalue weighted by molar-refractivity contribution is 5.85. The van der Waals surface area contributed by atoms with E-state index in [0.29, 0.717) is 0 Å². The number of anilines is 2. The SMILES string of the molecule is Cl.Nc1cccc2c1CCCN2Cc1nccn1Cc1ccccc1. The molecule has 4 nitrogen and oxygen atoms in total. The van der Waals surface area contributed by atoms with E-state index < -0.39 is 0 Å². The van der Waals surface area contributed by atoms with Crippen molar-refractivity contribution in [1.29, 1.82) is 0 Å². The number of nitrogens with zero attached hydrogens (tertiary/aromatic N) is 3. The summed E-state index contributed by atoms with van der Waals surface area (Å²) < 4.78 is 2.23. The van der Waals surface area contributed by atoms with E-state index in [1.54, 1.807) is 0 Å². The van der Waals surface area contributed by atoms with Crippen LogP contribution in [0.15, 0.2) is 60.9 Å². The Morgan fingerprint density at radius 1 is 1.00 bits per heavy atom. The van der Waals surface area contributed by atoms with Gasteiger partial charge in [-0.3, -0.25) is 0 Å². The van der Waals surface area contributed by atoms with Gasteiger partial charge in [0.2, 0.25) is 0 Å². The first kappa shape index (κ1) is 17.4. The summed E-state index contributed by atoms with van der Waals surface area (Å²) in [5.74, 6) is 1.09. The van der Waals surface area contributed by atoms with Gasteiger partial charge in [0.05, 0.1) is 6.54 Å². The minimum Gasteiger partial charge on any atom is -0.398 e. The van der Waals surface area contributed by atoms with E-state index in [-0.39, 0.29) is 12.4 Å². The highest BCUT2D eigenvalue weighted by Gasteiger charge is 2.20. The maximum Gasteiger partial charge on any atom is 0.128 e. The van der Waals surface area contributed by atoms with Crippen molar-refractivity contribution in [1.82, 2.24) is 9.55 Å². The highest BCUT2D eigenvalue weighted by Crippen LogP contribution is 2.32. The van der Waals surface area contributed by atoms with Crippen molar-refractivity contribution in [3.63, 3.8) is 0 Å². The molecule has 3 aromatic rings. The molecule has 25 heavy (non-hydrogen) atoms. The van der Waals surface area contributed by atoms with Gasteiger partial charge < -0.3 is 15.2 Å². The monoisotopic (exact) mass is 354 g/mol. The summed E-state index contributed by atoms with van der Waals surface area (Å²) >= 11 is 0. The molecule has 0 aliphatic carbocycles. The van der Waals surface area contributed by atoms with Crippen LogP contribution in [0.1, 0.15) is 23.4 Å². The Hall–Kier alpha value is -2.46. The lowest BCUT2D eigenvalue weighted by Crippen LogP contribution is -2.30. The van der Waals surface area contributed by atoms with Crippen molar-refractivity contribution in [2.75, 3.05) is 17.2 Å². The van der Waals surface area contributed by atoms with Gasteiger partial charge in [-0.2, -0.15) is 0 Å². The van der Waals surface area contributed by atoms with Gasteiger partial charge in [-0.15, -0.1) is 12.4 Å². The van der Waals surface area contributed by atoms with Crippen LogP contribution in [0.3, 0.4) is 0 Å². The summed E-state index contributed by atoms with van der Waals surface area (Å²) in [6, 6.07) is 16.7. The third-order valence-electron chi connectivity index (χ3n) is 4.71. The lowest BCUT2D eigenvalue weighted by Gasteiger charge is -2.31. The average Bonchev–Trinajstić information content (AvgIpc) is 3.04. The molecular weight excluding hydrogens is 332 g/mol. The van der Waals surface area contributed by atoms with Crippen LogP contribution in [-0.4, -0.2) is 16.1 Å². The van der Waals surface area contributed by atoms with Crippen LogP contribution in [0.4, 0.5) is 11.4 Å². The molecule has 2 heterocycles. The van der Waals surface area contributed by atoms with Crippen LogP contribution in [0.2, 0.25) is 0 Å². The molecule has 130 valence electrons. The van der Waals surface area contributed by atoms with Crippen LogP contribution in [0.5, 0.6) is 0 Å². The van der Waals surface area contributed by atoms with Gasteiger partial charge in [0.1, 0.15) is 5.82 Å². The van der Waals surface area contributed by atoms with E-state index in [9.17, 15) is 0 Å². The number of nitrogens with two attached hydrogens (primary N) is 1. The van der Waals surface area contributed by atoms with Crippen molar-refractivity contribution < 1.29 is 0 Å². The Bertz CT molecular complexity index is 829. The predicted octanol–water partition coefficient (Wildman–Crippen LogP) is 3.89. The zero-order valence-electron chi connectivity index (χ0n) is 14.1. The number of imidazole rings is 1. The van der Waals surface area contributed by atoms with Crippen molar-refractivity contribution in [2.45, 2.75) is 25.9 Å². The van der Waals surface area contributed by atoms with Crippen LogP contribution >= 0.6 is 12.4 Å².